The quantitative estimate of drug-likeness (QED) is 0.583. The zero-order valence-corrected chi connectivity index (χ0v) is 14.2. The van der Waals surface area contributed by atoms with Gasteiger partial charge in [-0.25, -0.2) is 8.37 Å². The van der Waals surface area contributed by atoms with Crippen LogP contribution in [-0.4, -0.2) is 23.6 Å². The molecule has 0 heterocycles. The van der Waals surface area contributed by atoms with Gasteiger partial charge in [0.25, 0.3) is 20.2 Å². The lowest BCUT2D eigenvalue weighted by Crippen LogP contribution is -2.14. The van der Waals surface area contributed by atoms with Gasteiger partial charge in [0.2, 0.25) is 0 Å². The topological polar surface area (TPSA) is 86.7 Å². The van der Waals surface area contributed by atoms with Crippen molar-refractivity contribution >= 4 is 20.2 Å². The minimum Gasteiger partial charge on any atom is -0.236 e. The summed E-state index contributed by atoms with van der Waals surface area (Å²) in [6.45, 7) is 2.70. The molecule has 23 heavy (non-hydrogen) atoms. The molecule has 0 radical (unpaired) electrons. The van der Waals surface area contributed by atoms with Crippen LogP contribution in [0.25, 0.3) is 0 Å². The average Bonchev–Trinajstić information content (AvgIpc) is 2.47. The third-order valence-electron chi connectivity index (χ3n) is 3.03. The first kappa shape index (κ1) is 17.6. The van der Waals surface area contributed by atoms with Gasteiger partial charge in [0.15, 0.2) is 6.79 Å². The van der Waals surface area contributed by atoms with Crippen molar-refractivity contribution in [3.8, 4) is 0 Å². The molecule has 6 nitrogen and oxygen atoms in total. The van der Waals surface area contributed by atoms with Gasteiger partial charge in [0.1, 0.15) is 0 Å². The van der Waals surface area contributed by atoms with E-state index in [0.717, 1.165) is 11.1 Å². The molecule has 0 spiro atoms. The Kier molecular flexibility index (Phi) is 5.20. The molecule has 8 heteroatoms. The number of aryl methyl sites for hydroxylation is 2. The minimum absolute atomic E-state index is 0.0700. The molecule has 0 aliphatic carbocycles. The zero-order chi connectivity index (χ0) is 17.1. The Morgan fingerprint density at radius 3 is 1.26 bits per heavy atom. The highest BCUT2D eigenvalue weighted by molar-refractivity contribution is 7.87. The van der Waals surface area contributed by atoms with E-state index in [9.17, 15) is 16.8 Å². The van der Waals surface area contributed by atoms with Crippen LogP contribution in [0, 0.1) is 13.8 Å². The maximum atomic E-state index is 11.9. The molecule has 0 N–H and O–H groups in total. The largest absolute Gasteiger partial charge is 0.299 e. The highest BCUT2D eigenvalue weighted by atomic mass is 32.2. The van der Waals surface area contributed by atoms with Crippen molar-refractivity contribution in [1.29, 1.82) is 0 Å². The molecule has 2 rings (SSSR count). The van der Waals surface area contributed by atoms with E-state index in [4.69, 9.17) is 0 Å². The summed E-state index contributed by atoms with van der Waals surface area (Å²) in [5.41, 5.74) is 1.78. The lowest BCUT2D eigenvalue weighted by Gasteiger charge is -2.07. The predicted octanol–water partition coefficient (Wildman–Crippen LogP) is 2.37. The molecule has 0 amide bonds. The zero-order valence-electron chi connectivity index (χ0n) is 12.6. The average molecular weight is 356 g/mol. The Hall–Kier alpha value is -1.74. The van der Waals surface area contributed by atoms with Crippen molar-refractivity contribution in [3.05, 3.63) is 59.7 Å². The van der Waals surface area contributed by atoms with E-state index in [1.54, 1.807) is 24.3 Å². The molecular formula is C15H16O6S2. The van der Waals surface area contributed by atoms with E-state index in [2.05, 4.69) is 8.37 Å². The van der Waals surface area contributed by atoms with Crippen LogP contribution in [0.4, 0.5) is 0 Å². The summed E-state index contributed by atoms with van der Waals surface area (Å²) >= 11 is 0. The highest BCUT2D eigenvalue weighted by Gasteiger charge is 2.19. The van der Waals surface area contributed by atoms with E-state index in [1.165, 1.54) is 24.3 Å². The Bertz CT molecular complexity index is 791. The molecule has 0 aliphatic heterocycles. The van der Waals surface area contributed by atoms with Gasteiger partial charge in [-0.1, -0.05) is 35.4 Å². The number of hydrogen-bond donors (Lipinski definition) is 0. The summed E-state index contributed by atoms with van der Waals surface area (Å²) in [5, 5.41) is 0. The van der Waals surface area contributed by atoms with Crippen LogP contribution >= 0.6 is 0 Å². The van der Waals surface area contributed by atoms with Gasteiger partial charge in [0.05, 0.1) is 9.79 Å². The second-order valence-corrected chi connectivity index (χ2v) is 8.12. The molecule has 2 aromatic rings. The lowest BCUT2D eigenvalue weighted by molar-refractivity contribution is 0.132. The van der Waals surface area contributed by atoms with Crippen molar-refractivity contribution in [3.63, 3.8) is 0 Å². The molecule has 0 aliphatic rings. The van der Waals surface area contributed by atoms with Crippen LogP contribution in [0.15, 0.2) is 58.3 Å². The number of hydrogen-bond acceptors (Lipinski definition) is 6. The maximum Gasteiger partial charge on any atom is 0.299 e. The monoisotopic (exact) mass is 356 g/mol. The van der Waals surface area contributed by atoms with E-state index in [-0.39, 0.29) is 9.79 Å². The van der Waals surface area contributed by atoms with Gasteiger partial charge in [-0.05, 0) is 38.1 Å². The van der Waals surface area contributed by atoms with E-state index in [0.29, 0.717) is 0 Å². The van der Waals surface area contributed by atoms with Crippen molar-refractivity contribution in [2.45, 2.75) is 23.6 Å². The van der Waals surface area contributed by atoms with Gasteiger partial charge in [-0.15, -0.1) is 0 Å². The van der Waals surface area contributed by atoms with Gasteiger partial charge < -0.3 is 0 Å². The molecule has 0 aromatic heterocycles. The summed E-state index contributed by atoms with van der Waals surface area (Å²) in [4.78, 5) is -0.140. The number of benzene rings is 2. The Balaban J connectivity index is 2.03. The molecule has 2 aromatic carbocycles. The fourth-order valence-electron chi connectivity index (χ4n) is 1.69. The van der Waals surface area contributed by atoms with Gasteiger partial charge in [-0.2, -0.15) is 16.8 Å². The highest BCUT2D eigenvalue weighted by Crippen LogP contribution is 2.16. The summed E-state index contributed by atoms with van der Waals surface area (Å²) in [5.74, 6) is 0. The predicted molar refractivity (Wildman–Crippen MR) is 83.8 cm³/mol. The van der Waals surface area contributed by atoms with Crippen LogP contribution in [0.3, 0.4) is 0 Å². The Morgan fingerprint density at radius 1 is 0.652 bits per heavy atom. The van der Waals surface area contributed by atoms with Crippen molar-refractivity contribution < 1.29 is 25.2 Å². The Morgan fingerprint density at radius 2 is 0.957 bits per heavy atom. The van der Waals surface area contributed by atoms with Crippen LogP contribution in [0.5, 0.6) is 0 Å². The summed E-state index contributed by atoms with van der Waals surface area (Å²) in [6, 6.07) is 11.9. The molecule has 0 saturated heterocycles. The van der Waals surface area contributed by atoms with E-state index in [1.807, 2.05) is 13.8 Å². The van der Waals surface area contributed by atoms with Crippen molar-refractivity contribution in [2.75, 3.05) is 6.79 Å². The first-order valence-electron chi connectivity index (χ1n) is 6.63. The first-order chi connectivity index (χ1) is 10.7. The van der Waals surface area contributed by atoms with Gasteiger partial charge in [-0.3, -0.25) is 0 Å². The number of rotatable bonds is 6. The molecule has 0 fully saturated rings. The molecule has 124 valence electrons. The smallest absolute Gasteiger partial charge is 0.236 e. The van der Waals surface area contributed by atoms with Crippen LogP contribution in [0.1, 0.15) is 11.1 Å². The van der Waals surface area contributed by atoms with Crippen LogP contribution in [0.2, 0.25) is 0 Å². The normalized spacial score (nSPS) is 12.3. The van der Waals surface area contributed by atoms with E-state index < -0.39 is 27.0 Å². The molecule has 0 bridgehead atoms. The second-order valence-electron chi connectivity index (χ2n) is 4.89. The van der Waals surface area contributed by atoms with Crippen LogP contribution < -0.4 is 0 Å². The summed E-state index contributed by atoms with van der Waals surface area (Å²) < 4.78 is 56.9. The van der Waals surface area contributed by atoms with Gasteiger partial charge in [0, 0.05) is 0 Å². The maximum absolute atomic E-state index is 11.9. The SMILES string of the molecule is Cc1ccc(S(=O)(=O)OCOS(=O)(=O)c2ccc(C)cc2)cc1. The first-order valence-corrected chi connectivity index (χ1v) is 9.44. The fraction of sp³-hybridized carbons (Fsp3) is 0.200. The lowest BCUT2D eigenvalue weighted by atomic mass is 10.2. The minimum atomic E-state index is -4.08. The van der Waals surface area contributed by atoms with Gasteiger partial charge >= 0.3 is 0 Å². The third kappa shape index (κ3) is 4.61. The summed E-state index contributed by atoms with van der Waals surface area (Å²) in [6.07, 6.45) is 0. The van der Waals surface area contributed by atoms with Crippen molar-refractivity contribution in [1.82, 2.24) is 0 Å². The summed E-state index contributed by atoms with van der Waals surface area (Å²) in [7, 11) is -8.16. The molecular weight excluding hydrogens is 340 g/mol. The second kappa shape index (κ2) is 6.79. The van der Waals surface area contributed by atoms with Crippen molar-refractivity contribution in [2.24, 2.45) is 0 Å². The standard InChI is InChI=1S/C15H16O6S2/c1-12-3-7-14(8-4-12)22(16,17)20-11-21-23(18,19)15-9-5-13(2)6-10-15/h3-10H,11H2,1-2H3. The Labute approximate surface area is 135 Å². The fourth-order valence-corrected chi connectivity index (χ4v) is 3.31. The van der Waals surface area contributed by atoms with Crippen LogP contribution in [-0.2, 0) is 28.6 Å². The molecule has 0 saturated carbocycles. The molecule has 0 unspecified atom stereocenters. The third-order valence-corrected chi connectivity index (χ3v) is 5.54. The molecule has 0 atom stereocenters. The van der Waals surface area contributed by atoms with E-state index >= 15 is 0 Å².